The number of carbonyl (C=O) groups excluding carboxylic acids is 1. The van der Waals surface area contributed by atoms with Crippen molar-refractivity contribution in [3.05, 3.63) is 99.0 Å². The Kier molecular flexibility index (Phi) is 9.09. The van der Waals surface area contributed by atoms with Gasteiger partial charge < -0.3 is 14.7 Å². The zero-order valence-corrected chi connectivity index (χ0v) is 27.7. The van der Waals surface area contributed by atoms with Crippen molar-refractivity contribution >= 4 is 44.9 Å². The molecule has 2 unspecified atom stereocenters. The number of carbonyl (C=O) groups is 2. The number of rotatable bonds is 9. The molecule has 8 nitrogen and oxygen atoms in total. The molecule has 1 saturated heterocycles. The molecule has 1 N–H and O–H groups in total. The first-order chi connectivity index (χ1) is 21.0. The topological polar surface area (TPSA) is 114 Å². The first-order valence-corrected chi connectivity index (χ1v) is 17.0. The number of hydrogen-bond donors (Lipinski definition) is 1. The van der Waals surface area contributed by atoms with Gasteiger partial charge in [-0.25, -0.2) is 17.6 Å². The number of hydrogen-bond acceptors (Lipinski definition) is 6. The molecule has 240 valence electrons. The predicted molar refractivity (Wildman–Crippen MR) is 170 cm³/mol. The summed E-state index contributed by atoms with van der Waals surface area (Å²) in [6.45, 7) is 6.51. The number of pyridine rings is 1. The van der Waals surface area contributed by atoms with Gasteiger partial charge in [-0.15, -0.1) is 0 Å². The van der Waals surface area contributed by atoms with Gasteiger partial charge in [0, 0.05) is 29.4 Å². The monoisotopic (exact) mass is 676 g/mol. The number of halogens is 3. The predicted octanol–water partition coefficient (Wildman–Crippen LogP) is 6.86. The highest BCUT2D eigenvalue weighted by molar-refractivity contribution is 7.92. The van der Waals surface area contributed by atoms with Gasteiger partial charge in [-0.05, 0) is 94.0 Å². The molecule has 2 fully saturated rings. The second kappa shape index (κ2) is 12.3. The van der Waals surface area contributed by atoms with Gasteiger partial charge in [0.25, 0.3) is 5.91 Å². The van der Waals surface area contributed by atoms with E-state index < -0.39 is 56.1 Å². The highest BCUT2D eigenvalue weighted by Crippen LogP contribution is 2.51. The zero-order valence-electron chi connectivity index (χ0n) is 25.3. The van der Waals surface area contributed by atoms with E-state index in [1.54, 1.807) is 62.9 Å². The van der Waals surface area contributed by atoms with E-state index in [1.165, 1.54) is 30.5 Å². The minimum absolute atomic E-state index is 0.00997. The molecule has 0 spiro atoms. The quantitative estimate of drug-likeness (QED) is 0.263. The summed E-state index contributed by atoms with van der Waals surface area (Å²) in [6.07, 6.45) is 1.73. The Morgan fingerprint density at radius 1 is 1.13 bits per heavy atom. The average molecular weight is 678 g/mol. The van der Waals surface area contributed by atoms with Gasteiger partial charge >= 0.3 is 5.97 Å². The Hall–Kier alpha value is -3.05. The van der Waals surface area contributed by atoms with Crippen LogP contribution in [0.25, 0.3) is 0 Å². The molecule has 3 aromatic rings. The number of nitrogens with zero attached hydrogens (tertiary/aromatic N) is 2. The summed E-state index contributed by atoms with van der Waals surface area (Å²) in [5.41, 5.74) is -0.176. The van der Waals surface area contributed by atoms with Crippen molar-refractivity contribution < 1.29 is 32.2 Å². The van der Waals surface area contributed by atoms with Crippen LogP contribution in [-0.2, 0) is 25.8 Å². The summed E-state index contributed by atoms with van der Waals surface area (Å²) in [4.78, 5) is 32.1. The summed E-state index contributed by atoms with van der Waals surface area (Å²) in [6, 6.07) is 12.5. The highest BCUT2D eigenvalue weighted by atomic mass is 35.5. The van der Waals surface area contributed by atoms with Crippen LogP contribution >= 0.6 is 23.2 Å². The second-order valence-electron chi connectivity index (χ2n) is 13.0. The van der Waals surface area contributed by atoms with Crippen molar-refractivity contribution in [3.63, 3.8) is 0 Å². The fraction of sp³-hybridized carbons (Fsp3) is 0.424. The molecule has 1 saturated carbocycles. The number of sulfone groups is 1. The summed E-state index contributed by atoms with van der Waals surface area (Å²) < 4.78 is 48.1. The molecule has 45 heavy (non-hydrogen) atoms. The number of benzene rings is 2. The number of carboxylic acids is 1. The SMILES string of the molecule is CC(C)(C)S(=O)(=O)CC(C1CC1)N1C(=O)[C@@](C)(Cc2ccc(C(=O)O)cn2)O[C@H](c2cccc(Cl)c2)C1c1ccc(Cl)c(F)c1. The standard InChI is InChI=1S/C33H35Cl2FN2O6S/c1-32(2,3)45(42,43)18-27(19-8-9-19)38-28(20-11-13-25(35)26(36)15-20)29(21-6-5-7-23(34)14-21)44-33(4,31(38)41)16-24-12-10-22(17-37-24)30(39)40/h5-7,10-15,17,19,27-29H,8-9,16,18H2,1-4H3,(H,39,40)/t27?,28?,29-,33-/m1/s1. The smallest absolute Gasteiger partial charge is 0.337 e. The number of aromatic nitrogens is 1. The third-order valence-electron chi connectivity index (χ3n) is 8.56. The second-order valence-corrected chi connectivity index (χ2v) is 16.6. The minimum Gasteiger partial charge on any atom is -0.478 e. The molecule has 0 radical (unpaired) electrons. The highest BCUT2D eigenvalue weighted by Gasteiger charge is 2.56. The molecule has 0 bridgehead atoms. The van der Waals surface area contributed by atoms with E-state index in [1.807, 2.05) is 0 Å². The van der Waals surface area contributed by atoms with E-state index in [4.69, 9.17) is 27.9 Å². The van der Waals surface area contributed by atoms with Gasteiger partial charge in [-0.1, -0.05) is 41.4 Å². The molecule has 1 amide bonds. The van der Waals surface area contributed by atoms with Crippen LogP contribution in [0.2, 0.25) is 10.0 Å². The number of carboxylic acid groups (broad SMARTS) is 1. The number of morpholine rings is 1. The Labute approximate surface area is 272 Å². The van der Waals surface area contributed by atoms with Crippen LogP contribution in [0, 0.1) is 11.7 Å². The summed E-state index contributed by atoms with van der Waals surface area (Å²) in [5, 5.41) is 9.65. The van der Waals surface area contributed by atoms with E-state index in [0.717, 1.165) is 12.8 Å². The van der Waals surface area contributed by atoms with Crippen molar-refractivity contribution in [2.75, 3.05) is 5.75 Å². The molecule has 5 rings (SSSR count). The first kappa shape index (κ1) is 33.3. The Morgan fingerprint density at radius 2 is 1.84 bits per heavy atom. The normalized spacial score (nSPS) is 23.2. The molecular formula is C33H35Cl2FN2O6S. The van der Waals surface area contributed by atoms with Crippen LogP contribution in [0.5, 0.6) is 0 Å². The number of amides is 1. The molecule has 1 aromatic heterocycles. The number of ether oxygens (including phenoxy) is 1. The Morgan fingerprint density at radius 3 is 2.40 bits per heavy atom. The lowest BCUT2D eigenvalue weighted by molar-refractivity contribution is -0.202. The van der Waals surface area contributed by atoms with E-state index in [-0.39, 0.29) is 28.7 Å². The lowest BCUT2D eigenvalue weighted by Gasteiger charge is -2.52. The van der Waals surface area contributed by atoms with Crippen molar-refractivity contribution in [1.29, 1.82) is 0 Å². The van der Waals surface area contributed by atoms with Crippen LogP contribution in [-0.4, -0.2) is 57.4 Å². The van der Waals surface area contributed by atoms with Crippen LogP contribution in [0.4, 0.5) is 4.39 Å². The largest absolute Gasteiger partial charge is 0.478 e. The van der Waals surface area contributed by atoms with Crippen LogP contribution in [0.1, 0.15) is 79.9 Å². The van der Waals surface area contributed by atoms with Crippen LogP contribution < -0.4 is 0 Å². The van der Waals surface area contributed by atoms with E-state index in [0.29, 0.717) is 21.8 Å². The minimum atomic E-state index is -3.71. The van der Waals surface area contributed by atoms with Crippen LogP contribution in [0.15, 0.2) is 60.8 Å². The van der Waals surface area contributed by atoms with Crippen molar-refractivity contribution in [3.8, 4) is 0 Å². The lowest BCUT2D eigenvalue weighted by atomic mass is 9.85. The van der Waals surface area contributed by atoms with Crippen LogP contribution in [0.3, 0.4) is 0 Å². The molecule has 4 atom stereocenters. The summed E-state index contributed by atoms with van der Waals surface area (Å²) in [7, 11) is -3.71. The number of aromatic carboxylic acids is 1. The molecular weight excluding hydrogens is 642 g/mol. The molecule has 1 aliphatic heterocycles. The summed E-state index contributed by atoms with van der Waals surface area (Å²) in [5.74, 6) is -2.69. The maximum absolute atomic E-state index is 15.0. The van der Waals surface area contributed by atoms with Gasteiger partial charge in [0.1, 0.15) is 11.9 Å². The first-order valence-electron chi connectivity index (χ1n) is 14.6. The van der Waals surface area contributed by atoms with Gasteiger partial charge in [-0.2, -0.15) is 0 Å². The molecule has 2 aliphatic rings. The van der Waals surface area contributed by atoms with Crippen molar-refractivity contribution in [1.82, 2.24) is 9.88 Å². The average Bonchev–Trinajstić information content (AvgIpc) is 3.80. The van der Waals surface area contributed by atoms with Crippen molar-refractivity contribution in [2.24, 2.45) is 5.92 Å². The fourth-order valence-electron chi connectivity index (χ4n) is 5.78. The zero-order chi connectivity index (χ0) is 32.9. The third-order valence-corrected chi connectivity index (χ3v) is 11.7. The van der Waals surface area contributed by atoms with Crippen molar-refractivity contribution in [2.45, 2.75) is 75.5 Å². The van der Waals surface area contributed by atoms with Gasteiger partial charge in [-0.3, -0.25) is 9.78 Å². The van der Waals surface area contributed by atoms with E-state index in [9.17, 15) is 23.1 Å². The Balaban J connectivity index is 1.70. The molecule has 12 heteroatoms. The third kappa shape index (κ3) is 6.89. The summed E-state index contributed by atoms with van der Waals surface area (Å²) >= 11 is 12.5. The molecule has 1 aliphatic carbocycles. The van der Waals surface area contributed by atoms with Gasteiger partial charge in [0.05, 0.1) is 27.1 Å². The molecule has 2 heterocycles. The van der Waals surface area contributed by atoms with E-state index >= 15 is 4.39 Å². The van der Waals surface area contributed by atoms with Gasteiger partial charge in [0.2, 0.25) is 0 Å². The Bertz CT molecular complexity index is 1730. The maximum Gasteiger partial charge on any atom is 0.337 e. The lowest BCUT2D eigenvalue weighted by Crippen LogP contribution is -2.62. The van der Waals surface area contributed by atoms with E-state index in [2.05, 4.69) is 4.98 Å². The molecule has 2 aromatic carbocycles. The van der Waals surface area contributed by atoms with Gasteiger partial charge in [0.15, 0.2) is 15.4 Å². The fourth-order valence-corrected chi connectivity index (χ4v) is 7.48. The maximum atomic E-state index is 15.0.